The predicted molar refractivity (Wildman–Crippen MR) is 107 cm³/mol. The Bertz CT molecular complexity index is 630. The highest BCUT2D eigenvalue weighted by Gasteiger charge is 2.33. The van der Waals surface area contributed by atoms with Crippen LogP contribution in [0.2, 0.25) is 0 Å². The van der Waals surface area contributed by atoms with Crippen molar-refractivity contribution in [2.45, 2.75) is 90.5 Å². The van der Waals surface area contributed by atoms with Crippen LogP contribution in [0.15, 0.2) is 0 Å². The molecule has 9 heteroatoms. The Hall–Kier alpha value is -2.50. The summed E-state index contributed by atoms with van der Waals surface area (Å²) in [6.45, 7) is 11.0. The molecular formula is C20H34N4O5. The maximum absolute atomic E-state index is 13.0. The number of carbonyl (C=O) groups excluding carboxylic acids is 3. The van der Waals surface area contributed by atoms with Gasteiger partial charge in [0.05, 0.1) is 6.07 Å². The third kappa shape index (κ3) is 9.50. The minimum Gasteiger partial charge on any atom is -0.444 e. The van der Waals surface area contributed by atoms with Gasteiger partial charge in [0.2, 0.25) is 5.91 Å². The molecule has 3 amide bonds. The van der Waals surface area contributed by atoms with Gasteiger partial charge in [-0.15, -0.1) is 0 Å². The van der Waals surface area contributed by atoms with E-state index in [1.807, 2.05) is 0 Å². The SMILES string of the molecule is CC(C)(C)OC(=O)NCC[C@H](NC(=O)OC(C)(C)C)C(=O)N1CCCC[C@H]1C#N. The molecule has 9 nitrogen and oxygen atoms in total. The summed E-state index contributed by atoms with van der Waals surface area (Å²) >= 11 is 0. The van der Waals surface area contributed by atoms with Gasteiger partial charge in [-0.1, -0.05) is 0 Å². The molecule has 164 valence electrons. The van der Waals surface area contributed by atoms with Crippen molar-refractivity contribution in [1.82, 2.24) is 15.5 Å². The largest absolute Gasteiger partial charge is 0.444 e. The lowest BCUT2D eigenvalue weighted by Crippen LogP contribution is -2.54. The smallest absolute Gasteiger partial charge is 0.408 e. The maximum atomic E-state index is 13.0. The molecule has 1 heterocycles. The van der Waals surface area contributed by atoms with Crippen molar-refractivity contribution in [3.05, 3.63) is 0 Å². The summed E-state index contributed by atoms with van der Waals surface area (Å²) in [5.41, 5.74) is -1.35. The second-order valence-corrected chi connectivity index (χ2v) is 9.09. The molecule has 0 spiro atoms. The van der Waals surface area contributed by atoms with Crippen LogP contribution in [0.5, 0.6) is 0 Å². The summed E-state index contributed by atoms with van der Waals surface area (Å²) in [6, 6.07) is 0.715. The van der Waals surface area contributed by atoms with E-state index >= 15 is 0 Å². The van der Waals surface area contributed by atoms with Gasteiger partial charge in [-0.05, 0) is 67.2 Å². The molecule has 0 bridgehead atoms. The van der Waals surface area contributed by atoms with E-state index in [2.05, 4.69) is 16.7 Å². The summed E-state index contributed by atoms with van der Waals surface area (Å²) in [5.74, 6) is -0.354. The minimum atomic E-state index is -0.922. The number of likely N-dealkylation sites (tertiary alicyclic amines) is 1. The molecule has 0 aromatic carbocycles. The molecule has 0 radical (unpaired) electrons. The van der Waals surface area contributed by atoms with Crippen molar-refractivity contribution in [2.75, 3.05) is 13.1 Å². The second-order valence-electron chi connectivity index (χ2n) is 9.09. The van der Waals surface area contributed by atoms with Crippen LogP contribution in [0.3, 0.4) is 0 Å². The molecule has 2 atom stereocenters. The molecule has 1 saturated heterocycles. The first kappa shape index (κ1) is 24.5. The molecule has 0 aromatic heterocycles. The molecule has 0 unspecified atom stereocenters. The number of carbonyl (C=O) groups is 3. The van der Waals surface area contributed by atoms with Gasteiger partial charge in [-0.2, -0.15) is 5.26 Å². The molecule has 1 aliphatic heterocycles. The Morgan fingerprint density at radius 1 is 1.07 bits per heavy atom. The highest BCUT2D eigenvalue weighted by molar-refractivity contribution is 5.86. The van der Waals surface area contributed by atoms with E-state index in [0.29, 0.717) is 13.0 Å². The van der Waals surface area contributed by atoms with Crippen LogP contribution in [-0.2, 0) is 14.3 Å². The monoisotopic (exact) mass is 410 g/mol. The van der Waals surface area contributed by atoms with E-state index in [1.165, 1.54) is 4.90 Å². The van der Waals surface area contributed by atoms with Crippen molar-refractivity contribution < 1.29 is 23.9 Å². The van der Waals surface area contributed by atoms with Crippen molar-refractivity contribution >= 4 is 18.1 Å². The summed E-state index contributed by atoms with van der Waals surface area (Å²) in [4.78, 5) is 38.6. The van der Waals surface area contributed by atoms with Gasteiger partial charge >= 0.3 is 12.2 Å². The van der Waals surface area contributed by atoms with E-state index in [4.69, 9.17) is 9.47 Å². The van der Waals surface area contributed by atoms with E-state index in [1.54, 1.807) is 41.5 Å². The van der Waals surface area contributed by atoms with Crippen molar-refractivity contribution in [3.63, 3.8) is 0 Å². The number of nitriles is 1. The summed E-state index contributed by atoms with van der Waals surface area (Å²) in [6.07, 6.45) is 1.11. The maximum Gasteiger partial charge on any atom is 0.408 e. The Labute approximate surface area is 173 Å². The van der Waals surface area contributed by atoms with Crippen LogP contribution in [0.4, 0.5) is 9.59 Å². The molecule has 0 aliphatic carbocycles. The van der Waals surface area contributed by atoms with Crippen molar-refractivity contribution in [1.29, 1.82) is 5.26 Å². The first-order valence-electron chi connectivity index (χ1n) is 9.99. The summed E-state index contributed by atoms with van der Waals surface area (Å²) < 4.78 is 10.4. The average molecular weight is 411 g/mol. The molecular weight excluding hydrogens is 376 g/mol. The van der Waals surface area contributed by atoms with Gasteiger partial charge in [-0.25, -0.2) is 9.59 Å². The van der Waals surface area contributed by atoms with E-state index in [9.17, 15) is 19.6 Å². The highest BCUT2D eigenvalue weighted by atomic mass is 16.6. The molecule has 2 N–H and O–H groups in total. The lowest BCUT2D eigenvalue weighted by molar-refractivity contribution is -0.136. The predicted octanol–water partition coefficient (Wildman–Crippen LogP) is 2.70. The highest BCUT2D eigenvalue weighted by Crippen LogP contribution is 2.18. The van der Waals surface area contributed by atoms with E-state index in [-0.39, 0.29) is 18.9 Å². The first-order chi connectivity index (χ1) is 13.3. The van der Waals surface area contributed by atoms with Crippen molar-refractivity contribution in [3.8, 4) is 6.07 Å². The number of amides is 3. The molecule has 29 heavy (non-hydrogen) atoms. The number of nitrogens with zero attached hydrogens (tertiary/aromatic N) is 2. The van der Waals surface area contributed by atoms with E-state index < -0.39 is 35.5 Å². The molecule has 1 rings (SSSR count). The second kappa shape index (κ2) is 10.3. The van der Waals surface area contributed by atoms with E-state index in [0.717, 1.165) is 12.8 Å². The summed E-state index contributed by atoms with van der Waals surface area (Å²) in [5, 5.41) is 14.5. The lowest BCUT2D eigenvalue weighted by Gasteiger charge is -2.34. The fourth-order valence-electron chi connectivity index (χ4n) is 2.87. The number of nitrogens with one attached hydrogen (secondary N) is 2. The number of alkyl carbamates (subject to hydrolysis) is 2. The van der Waals surface area contributed by atoms with Crippen LogP contribution in [0.1, 0.15) is 67.2 Å². The molecule has 0 saturated carbocycles. The Morgan fingerprint density at radius 3 is 2.21 bits per heavy atom. The van der Waals surface area contributed by atoms with Crippen LogP contribution in [-0.4, -0.2) is 59.4 Å². The Morgan fingerprint density at radius 2 is 1.66 bits per heavy atom. The van der Waals surface area contributed by atoms with Gasteiger partial charge in [0.15, 0.2) is 0 Å². The number of hydrogen-bond donors (Lipinski definition) is 2. The van der Waals surface area contributed by atoms with Crippen LogP contribution in [0, 0.1) is 11.3 Å². The number of hydrogen-bond acceptors (Lipinski definition) is 6. The minimum absolute atomic E-state index is 0.117. The quantitative estimate of drug-likeness (QED) is 0.719. The normalized spacial score (nSPS) is 18.2. The van der Waals surface area contributed by atoms with Gasteiger partial charge in [0, 0.05) is 13.1 Å². The van der Waals surface area contributed by atoms with Crippen LogP contribution >= 0.6 is 0 Å². The fourth-order valence-corrected chi connectivity index (χ4v) is 2.87. The first-order valence-corrected chi connectivity index (χ1v) is 9.99. The van der Waals surface area contributed by atoms with Gasteiger partial charge in [0.1, 0.15) is 23.3 Å². The van der Waals surface area contributed by atoms with Gasteiger partial charge < -0.3 is 25.0 Å². The summed E-state index contributed by atoms with van der Waals surface area (Å²) in [7, 11) is 0. The van der Waals surface area contributed by atoms with Gasteiger partial charge in [-0.3, -0.25) is 4.79 Å². The Kier molecular flexibility index (Phi) is 8.74. The molecule has 1 aliphatic rings. The zero-order valence-electron chi connectivity index (χ0n) is 18.3. The van der Waals surface area contributed by atoms with Gasteiger partial charge in [0.25, 0.3) is 0 Å². The average Bonchev–Trinajstić information content (AvgIpc) is 2.57. The number of rotatable bonds is 5. The standard InChI is InChI=1S/C20H34N4O5/c1-19(2,3)28-17(26)22-11-10-15(23-18(27)29-20(4,5)6)16(25)24-12-8-7-9-14(24)13-21/h14-15H,7-12H2,1-6H3,(H,22,26)(H,23,27)/t14-,15-/m0/s1. The Balaban J connectivity index is 2.80. The zero-order chi connectivity index (χ0) is 22.2. The lowest BCUT2D eigenvalue weighted by atomic mass is 10.0. The van der Waals surface area contributed by atoms with Crippen LogP contribution in [0.25, 0.3) is 0 Å². The molecule has 0 aromatic rings. The number of ether oxygens (including phenoxy) is 2. The van der Waals surface area contributed by atoms with Crippen molar-refractivity contribution in [2.24, 2.45) is 0 Å². The van der Waals surface area contributed by atoms with Crippen LogP contribution < -0.4 is 10.6 Å². The third-order valence-corrected chi connectivity index (χ3v) is 4.03. The zero-order valence-corrected chi connectivity index (χ0v) is 18.3. The number of piperidine rings is 1. The topological polar surface area (TPSA) is 121 Å². The fraction of sp³-hybridized carbons (Fsp3) is 0.800. The third-order valence-electron chi connectivity index (χ3n) is 4.03. The molecule has 1 fully saturated rings.